The molecule has 4 rings (SSSR count). The van der Waals surface area contributed by atoms with Gasteiger partial charge in [0.15, 0.2) is 5.76 Å². The van der Waals surface area contributed by atoms with E-state index in [9.17, 15) is 9.59 Å². The summed E-state index contributed by atoms with van der Waals surface area (Å²) in [6.07, 6.45) is 5.91. The molecule has 28 heavy (non-hydrogen) atoms. The predicted molar refractivity (Wildman–Crippen MR) is 103 cm³/mol. The first-order valence-corrected chi connectivity index (χ1v) is 9.84. The maximum absolute atomic E-state index is 12.6. The van der Waals surface area contributed by atoms with Crippen molar-refractivity contribution in [3.05, 3.63) is 41.7 Å². The Hall–Kier alpha value is -2.90. The van der Waals surface area contributed by atoms with E-state index >= 15 is 0 Å². The van der Waals surface area contributed by atoms with Gasteiger partial charge in [-0.05, 0) is 31.9 Å². The minimum Gasteiger partial charge on any atom is -0.459 e. The van der Waals surface area contributed by atoms with E-state index in [1.165, 1.54) is 19.1 Å². The van der Waals surface area contributed by atoms with Gasteiger partial charge >= 0.3 is 0 Å². The number of hydrogen-bond donors (Lipinski definition) is 1. The Morgan fingerprint density at radius 1 is 1.14 bits per heavy atom. The second-order valence-electron chi connectivity index (χ2n) is 7.37. The first-order chi connectivity index (χ1) is 13.6. The Bertz CT molecular complexity index is 838. The lowest BCUT2D eigenvalue weighted by Crippen LogP contribution is -2.49. The summed E-state index contributed by atoms with van der Waals surface area (Å²) in [7, 11) is 0. The van der Waals surface area contributed by atoms with Crippen LogP contribution in [0, 0.1) is 6.92 Å². The molecule has 2 aromatic rings. The van der Waals surface area contributed by atoms with Gasteiger partial charge in [0.05, 0.1) is 6.26 Å². The molecule has 1 saturated carbocycles. The molecule has 0 unspecified atom stereocenters. The molecule has 8 heteroatoms. The highest BCUT2D eigenvalue weighted by atomic mass is 16.3. The standard InChI is InChI=1S/C20H25N5O3/c1-14-21-16(19(26)23-15-5-2-3-6-15)13-18(22-14)24-8-10-25(11-9-24)20(27)17-7-4-12-28-17/h4,7,12-13,15H,2-3,5-6,8-11H2,1H3,(H,23,26). The van der Waals surface area contributed by atoms with Gasteiger partial charge in [-0.3, -0.25) is 9.59 Å². The molecule has 0 radical (unpaired) electrons. The summed E-state index contributed by atoms with van der Waals surface area (Å²) in [6.45, 7) is 4.24. The van der Waals surface area contributed by atoms with E-state index in [0.29, 0.717) is 43.5 Å². The molecular formula is C20H25N5O3. The molecule has 148 valence electrons. The molecule has 3 heterocycles. The van der Waals surface area contributed by atoms with Crippen molar-refractivity contribution < 1.29 is 14.0 Å². The van der Waals surface area contributed by atoms with E-state index in [-0.39, 0.29) is 17.9 Å². The fourth-order valence-electron chi connectivity index (χ4n) is 3.85. The molecule has 2 aliphatic rings. The topological polar surface area (TPSA) is 91.6 Å². The molecule has 8 nitrogen and oxygen atoms in total. The lowest BCUT2D eigenvalue weighted by atomic mass is 10.2. The van der Waals surface area contributed by atoms with Crippen molar-refractivity contribution >= 4 is 17.6 Å². The third-order valence-electron chi connectivity index (χ3n) is 5.37. The van der Waals surface area contributed by atoms with Crippen LogP contribution in [0.2, 0.25) is 0 Å². The van der Waals surface area contributed by atoms with Crippen molar-refractivity contribution in [2.24, 2.45) is 0 Å². The van der Waals surface area contributed by atoms with E-state index in [0.717, 1.165) is 18.7 Å². The van der Waals surface area contributed by atoms with Crippen LogP contribution >= 0.6 is 0 Å². The van der Waals surface area contributed by atoms with E-state index in [1.807, 2.05) is 0 Å². The molecule has 1 aliphatic heterocycles. The molecular weight excluding hydrogens is 358 g/mol. The lowest BCUT2D eigenvalue weighted by Gasteiger charge is -2.35. The van der Waals surface area contributed by atoms with Gasteiger partial charge in [0.2, 0.25) is 0 Å². The number of anilines is 1. The fraction of sp³-hybridized carbons (Fsp3) is 0.500. The minimum atomic E-state index is -0.134. The van der Waals surface area contributed by atoms with Crippen LogP contribution in [0.1, 0.15) is 52.6 Å². The van der Waals surface area contributed by atoms with Gasteiger partial charge in [-0.15, -0.1) is 0 Å². The van der Waals surface area contributed by atoms with Gasteiger partial charge in [0.25, 0.3) is 11.8 Å². The number of furan rings is 1. The number of carbonyl (C=O) groups excluding carboxylic acids is 2. The summed E-state index contributed by atoms with van der Waals surface area (Å²) >= 11 is 0. The number of carbonyl (C=O) groups is 2. The minimum absolute atomic E-state index is 0.0971. The highest BCUT2D eigenvalue weighted by Crippen LogP contribution is 2.20. The Morgan fingerprint density at radius 2 is 1.89 bits per heavy atom. The smallest absolute Gasteiger partial charge is 0.289 e. The second kappa shape index (κ2) is 8.00. The van der Waals surface area contributed by atoms with Crippen LogP contribution in [0.25, 0.3) is 0 Å². The SMILES string of the molecule is Cc1nc(C(=O)NC2CCCC2)cc(N2CCN(C(=O)c3ccco3)CC2)n1. The highest BCUT2D eigenvalue weighted by molar-refractivity contribution is 5.93. The molecule has 2 fully saturated rings. The van der Waals surface area contributed by atoms with Crippen LogP contribution in [0.4, 0.5) is 5.82 Å². The number of piperazine rings is 1. The predicted octanol–water partition coefficient (Wildman–Crippen LogP) is 2.01. The Labute approximate surface area is 163 Å². The third-order valence-corrected chi connectivity index (χ3v) is 5.37. The van der Waals surface area contributed by atoms with Crippen LogP contribution in [0.3, 0.4) is 0 Å². The van der Waals surface area contributed by atoms with Crippen LogP contribution in [-0.4, -0.2) is 58.9 Å². The average molecular weight is 383 g/mol. The van der Waals surface area contributed by atoms with Crippen molar-refractivity contribution in [2.75, 3.05) is 31.1 Å². The Balaban J connectivity index is 1.41. The first kappa shape index (κ1) is 18.5. The molecule has 0 spiro atoms. The van der Waals surface area contributed by atoms with Crippen molar-refractivity contribution in [2.45, 2.75) is 38.6 Å². The summed E-state index contributed by atoms with van der Waals surface area (Å²) in [5, 5.41) is 3.08. The highest BCUT2D eigenvalue weighted by Gasteiger charge is 2.25. The van der Waals surface area contributed by atoms with Gasteiger partial charge in [-0.25, -0.2) is 9.97 Å². The number of rotatable bonds is 4. The number of amides is 2. The Morgan fingerprint density at radius 3 is 2.57 bits per heavy atom. The van der Waals surface area contributed by atoms with Crippen molar-refractivity contribution in [3.8, 4) is 0 Å². The molecule has 0 aromatic carbocycles. The molecule has 2 aromatic heterocycles. The number of hydrogen-bond acceptors (Lipinski definition) is 6. The van der Waals surface area contributed by atoms with E-state index in [2.05, 4.69) is 20.2 Å². The number of nitrogens with zero attached hydrogens (tertiary/aromatic N) is 4. The number of aryl methyl sites for hydroxylation is 1. The zero-order valence-corrected chi connectivity index (χ0v) is 16.1. The zero-order chi connectivity index (χ0) is 19.5. The van der Waals surface area contributed by atoms with E-state index in [4.69, 9.17) is 4.42 Å². The molecule has 0 atom stereocenters. The van der Waals surface area contributed by atoms with E-state index in [1.54, 1.807) is 30.0 Å². The van der Waals surface area contributed by atoms with Crippen LogP contribution in [0.15, 0.2) is 28.9 Å². The summed E-state index contributed by atoms with van der Waals surface area (Å²) in [5.74, 6) is 1.43. The normalized spacial score (nSPS) is 17.8. The van der Waals surface area contributed by atoms with Gasteiger partial charge < -0.3 is 19.5 Å². The first-order valence-electron chi connectivity index (χ1n) is 9.84. The van der Waals surface area contributed by atoms with Crippen LogP contribution in [0.5, 0.6) is 0 Å². The average Bonchev–Trinajstić information content (AvgIpc) is 3.41. The van der Waals surface area contributed by atoms with Crippen molar-refractivity contribution in [1.29, 1.82) is 0 Å². The summed E-state index contributed by atoms with van der Waals surface area (Å²) in [4.78, 5) is 37.7. The Kier molecular flexibility index (Phi) is 5.27. The maximum atomic E-state index is 12.6. The largest absolute Gasteiger partial charge is 0.459 e. The zero-order valence-electron chi connectivity index (χ0n) is 16.1. The molecule has 1 saturated heterocycles. The third kappa shape index (κ3) is 4.00. The van der Waals surface area contributed by atoms with Gasteiger partial charge in [0.1, 0.15) is 17.3 Å². The van der Waals surface area contributed by atoms with Gasteiger partial charge in [-0.2, -0.15) is 0 Å². The lowest BCUT2D eigenvalue weighted by molar-refractivity contribution is 0.0714. The van der Waals surface area contributed by atoms with Crippen molar-refractivity contribution in [3.63, 3.8) is 0 Å². The monoisotopic (exact) mass is 383 g/mol. The molecule has 1 N–H and O–H groups in total. The van der Waals surface area contributed by atoms with E-state index < -0.39 is 0 Å². The summed E-state index contributed by atoms with van der Waals surface area (Å²) < 4.78 is 5.20. The number of nitrogens with one attached hydrogen (secondary N) is 1. The van der Waals surface area contributed by atoms with Gasteiger partial charge in [0, 0.05) is 38.3 Å². The van der Waals surface area contributed by atoms with Crippen molar-refractivity contribution in [1.82, 2.24) is 20.2 Å². The fourth-order valence-corrected chi connectivity index (χ4v) is 3.85. The van der Waals surface area contributed by atoms with Crippen LogP contribution in [-0.2, 0) is 0 Å². The summed E-state index contributed by atoms with van der Waals surface area (Å²) in [6, 6.07) is 5.40. The molecule has 2 amide bonds. The van der Waals surface area contributed by atoms with Gasteiger partial charge in [-0.1, -0.05) is 12.8 Å². The van der Waals surface area contributed by atoms with Crippen LogP contribution < -0.4 is 10.2 Å². The molecule has 0 bridgehead atoms. The number of aromatic nitrogens is 2. The quantitative estimate of drug-likeness (QED) is 0.868. The molecule has 1 aliphatic carbocycles. The summed E-state index contributed by atoms with van der Waals surface area (Å²) in [5.41, 5.74) is 0.406. The maximum Gasteiger partial charge on any atom is 0.289 e. The second-order valence-corrected chi connectivity index (χ2v) is 7.37.